The fourth-order valence-corrected chi connectivity index (χ4v) is 5.01. The molecule has 2 aliphatic rings. The standard InChI is InChI=1S/C31H28ClFN4O5/c1-30(29(34)39)15-41-27-20(30)13-24(37-26(27)17-5-8-21(32)22(33)11-17)31(2,40)14-36-28(38)18-10-16-4-3-9-35-25(16)23(12-18)42-19-6-7-19/h3-5,8-13,19,40H,6-7,14-15H2,1-2H3,(H2,34,39)(H,36,38)/t30-,31-/m0/s1. The Bertz CT molecular complexity index is 1760. The van der Waals surface area contributed by atoms with Gasteiger partial charge in [0.1, 0.15) is 46.1 Å². The highest BCUT2D eigenvalue weighted by atomic mass is 35.5. The third-order valence-corrected chi connectivity index (χ3v) is 8.01. The molecule has 0 radical (unpaired) electrons. The summed E-state index contributed by atoms with van der Waals surface area (Å²) in [6, 6.07) is 12.7. The number of carbonyl (C=O) groups is 2. The summed E-state index contributed by atoms with van der Waals surface area (Å²) in [5.41, 5.74) is 4.89. The van der Waals surface area contributed by atoms with E-state index in [2.05, 4.69) is 15.3 Å². The van der Waals surface area contributed by atoms with E-state index in [4.69, 9.17) is 26.8 Å². The number of rotatable bonds is 8. The zero-order valence-electron chi connectivity index (χ0n) is 22.9. The Labute approximate surface area is 245 Å². The summed E-state index contributed by atoms with van der Waals surface area (Å²) >= 11 is 5.89. The summed E-state index contributed by atoms with van der Waals surface area (Å²) in [5, 5.41) is 15.0. The van der Waals surface area contributed by atoms with E-state index in [1.54, 1.807) is 37.4 Å². The van der Waals surface area contributed by atoms with E-state index < -0.39 is 28.6 Å². The highest BCUT2D eigenvalue weighted by Gasteiger charge is 2.45. The summed E-state index contributed by atoms with van der Waals surface area (Å²) in [4.78, 5) is 34.8. The van der Waals surface area contributed by atoms with Crippen LogP contribution in [0.5, 0.6) is 11.5 Å². The lowest BCUT2D eigenvalue weighted by atomic mass is 9.82. The molecule has 2 aromatic heterocycles. The van der Waals surface area contributed by atoms with Crippen LogP contribution in [0.1, 0.15) is 48.3 Å². The third-order valence-electron chi connectivity index (χ3n) is 7.70. The first-order chi connectivity index (χ1) is 20.0. The molecule has 2 atom stereocenters. The molecule has 1 aliphatic carbocycles. The van der Waals surface area contributed by atoms with Crippen molar-refractivity contribution in [2.75, 3.05) is 13.2 Å². The van der Waals surface area contributed by atoms with Gasteiger partial charge < -0.3 is 25.6 Å². The van der Waals surface area contributed by atoms with Gasteiger partial charge in [-0.25, -0.2) is 9.37 Å². The highest BCUT2D eigenvalue weighted by Crippen LogP contribution is 2.45. The van der Waals surface area contributed by atoms with Crippen LogP contribution in [0.3, 0.4) is 0 Å². The van der Waals surface area contributed by atoms with Gasteiger partial charge in [0.15, 0.2) is 0 Å². The van der Waals surface area contributed by atoms with Crippen molar-refractivity contribution in [1.82, 2.24) is 15.3 Å². The number of benzene rings is 2. The van der Waals surface area contributed by atoms with Gasteiger partial charge in [-0.05, 0) is 63.1 Å². The van der Waals surface area contributed by atoms with E-state index in [1.807, 2.05) is 6.07 Å². The first kappa shape index (κ1) is 27.9. The second-order valence-electron chi connectivity index (χ2n) is 11.2. The molecule has 0 saturated heterocycles. The lowest BCUT2D eigenvalue weighted by molar-refractivity contribution is -0.123. The number of hydrogen-bond donors (Lipinski definition) is 3. The van der Waals surface area contributed by atoms with Crippen LogP contribution in [0.4, 0.5) is 4.39 Å². The maximum absolute atomic E-state index is 14.4. The van der Waals surface area contributed by atoms with Gasteiger partial charge >= 0.3 is 0 Å². The van der Waals surface area contributed by atoms with Crippen LogP contribution in [0.2, 0.25) is 5.02 Å². The average molecular weight is 591 g/mol. The van der Waals surface area contributed by atoms with Crippen LogP contribution in [-0.4, -0.2) is 46.1 Å². The number of amides is 2. The minimum absolute atomic E-state index is 0.0488. The van der Waals surface area contributed by atoms with E-state index in [9.17, 15) is 19.1 Å². The van der Waals surface area contributed by atoms with Gasteiger partial charge in [-0.2, -0.15) is 0 Å². The van der Waals surface area contributed by atoms with Gasteiger partial charge in [-0.3, -0.25) is 14.6 Å². The highest BCUT2D eigenvalue weighted by molar-refractivity contribution is 6.30. The van der Waals surface area contributed by atoms with Crippen molar-refractivity contribution in [1.29, 1.82) is 0 Å². The van der Waals surface area contributed by atoms with E-state index >= 15 is 0 Å². The fraction of sp³-hybridized carbons (Fsp3) is 0.290. The number of halogens is 2. The Kier molecular flexibility index (Phi) is 6.78. The Morgan fingerprint density at radius 3 is 2.76 bits per heavy atom. The molecular formula is C31H28ClFN4O5. The third kappa shape index (κ3) is 5.01. The van der Waals surface area contributed by atoms with E-state index in [-0.39, 0.29) is 41.4 Å². The number of hydrogen-bond acceptors (Lipinski definition) is 7. The molecular weight excluding hydrogens is 563 g/mol. The minimum Gasteiger partial charge on any atom is -0.489 e. The Morgan fingerprint density at radius 2 is 2.05 bits per heavy atom. The molecule has 0 spiro atoms. The van der Waals surface area contributed by atoms with Crippen molar-refractivity contribution in [2.45, 2.75) is 43.8 Å². The van der Waals surface area contributed by atoms with Crippen molar-refractivity contribution in [3.05, 3.63) is 82.4 Å². The number of carbonyl (C=O) groups excluding carboxylic acids is 2. The smallest absolute Gasteiger partial charge is 0.251 e. The van der Waals surface area contributed by atoms with E-state index in [0.29, 0.717) is 28.0 Å². The second-order valence-corrected chi connectivity index (χ2v) is 11.6. The lowest BCUT2D eigenvalue weighted by Crippen LogP contribution is -2.41. The number of nitrogens with two attached hydrogens (primary N) is 1. The molecule has 11 heteroatoms. The second kappa shape index (κ2) is 10.2. The maximum Gasteiger partial charge on any atom is 0.251 e. The maximum atomic E-state index is 14.4. The van der Waals surface area contributed by atoms with Crippen LogP contribution in [0.15, 0.2) is 54.7 Å². The number of pyridine rings is 2. The largest absolute Gasteiger partial charge is 0.489 e. The lowest BCUT2D eigenvalue weighted by Gasteiger charge is -2.26. The number of aromatic nitrogens is 2. The molecule has 0 bridgehead atoms. The Morgan fingerprint density at radius 1 is 1.26 bits per heavy atom. The average Bonchev–Trinajstić information content (AvgIpc) is 3.72. The number of nitrogens with one attached hydrogen (secondary N) is 1. The molecule has 0 unspecified atom stereocenters. The molecule has 1 saturated carbocycles. The molecule has 4 N–H and O–H groups in total. The van der Waals surface area contributed by atoms with Crippen molar-refractivity contribution in [3.63, 3.8) is 0 Å². The number of nitrogens with zero attached hydrogens (tertiary/aromatic N) is 2. The monoisotopic (exact) mass is 590 g/mol. The van der Waals surface area contributed by atoms with Gasteiger partial charge in [0, 0.05) is 28.3 Å². The van der Waals surface area contributed by atoms with E-state index in [0.717, 1.165) is 18.2 Å². The van der Waals surface area contributed by atoms with Crippen molar-refractivity contribution >= 4 is 34.3 Å². The Hall–Kier alpha value is -4.28. The molecule has 4 aromatic rings. The van der Waals surface area contributed by atoms with Gasteiger partial charge in [-0.15, -0.1) is 0 Å². The number of aliphatic hydroxyl groups is 1. The SMILES string of the molecule is C[C@](O)(CNC(=O)c1cc(OC2CC2)c2ncccc2c1)c1cc2c(c(-c3ccc(Cl)c(F)c3)n1)OC[C@]2(C)C(N)=O. The molecule has 1 fully saturated rings. The van der Waals surface area contributed by atoms with Crippen LogP contribution >= 0.6 is 11.6 Å². The number of primary amides is 1. The van der Waals surface area contributed by atoms with Crippen molar-refractivity contribution < 1.29 is 28.6 Å². The molecule has 42 heavy (non-hydrogen) atoms. The number of ether oxygens (including phenoxy) is 2. The summed E-state index contributed by atoms with van der Waals surface area (Å²) in [6.07, 6.45) is 3.68. The quantitative estimate of drug-likeness (QED) is 0.277. The van der Waals surface area contributed by atoms with Crippen molar-refractivity contribution in [3.8, 4) is 22.8 Å². The molecule has 9 nitrogen and oxygen atoms in total. The first-order valence-electron chi connectivity index (χ1n) is 13.5. The van der Waals surface area contributed by atoms with Gasteiger partial charge in [-0.1, -0.05) is 23.7 Å². The number of fused-ring (bicyclic) bond motifs is 2. The molecule has 6 rings (SSSR count). The van der Waals surface area contributed by atoms with Crippen LogP contribution in [0.25, 0.3) is 22.2 Å². The summed E-state index contributed by atoms with van der Waals surface area (Å²) in [5.74, 6) is -0.948. The van der Waals surface area contributed by atoms with E-state index in [1.165, 1.54) is 25.1 Å². The fourth-order valence-electron chi connectivity index (χ4n) is 4.89. The normalized spacial score (nSPS) is 19.1. The van der Waals surface area contributed by atoms with Crippen LogP contribution < -0.4 is 20.5 Å². The topological polar surface area (TPSA) is 137 Å². The zero-order chi connectivity index (χ0) is 29.8. The summed E-state index contributed by atoms with van der Waals surface area (Å²) < 4.78 is 26.3. The summed E-state index contributed by atoms with van der Waals surface area (Å²) in [7, 11) is 0. The van der Waals surface area contributed by atoms with Crippen molar-refractivity contribution in [2.24, 2.45) is 5.73 Å². The Balaban J connectivity index is 1.33. The molecule has 2 aromatic carbocycles. The first-order valence-corrected chi connectivity index (χ1v) is 13.8. The molecule has 3 heterocycles. The predicted octanol–water partition coefficient (Wildman–Crippen LogP) is 4.40. The predicted molar refractivity (Wildman–Crippen MR) is 154 cm³/mol. The zero-order valence-corrected chi connectivity index (χ0v) is 23.7. The van der Waals surface area contributed by atoms with Gasteiger partial charge in [0.2, 0.25) is 5.91 Å². The molecule has 1 aliphatic heterocycles. The molecule has 216 valence electrons. The van der Waals surface area contributed by atoms with Gasteiger partial charge in [0.25, 0.3) is 5.91 Å². The summed E-state index contributed by atoms with van der Waals surface area (Å²) in [6.45, 7) is 2.83. The van der Waals surface area contributed by atoms with Crippen LogP contribution in [-0.2, 0) is 15.8 Å². The minimum atomic E-state index is -1.71. The van der Waals surface area contributed by atoms with Crippen LogP contribution in [0, 0.1) is 5.82 Å². The molecule has 2 amide bonds. The van der Waals surface area contributed by atoms with Gasteiger partial charge in [0.05, 0.1) is 23.4 Å².